The van der Waals surface area contributed by atoms with Gasteiger partial charge in [-0.1, -0.05) is 37.3 Å². The fraction of sp³-hybridized carbons (Fsp3) is 0.231. The van der Waals surface area contributed by atoms with E-state index in [1.165, 1.54) is 11.3 Å². The van der Waals surface area contributed by atoms with E-state index in [0.717, 1.165) is 16.9 Å². The molecule has 0 unspecified atom stereocenters. The van der Waals surface area contributed by atoms with Crippen LogP contribution in [0.25, 0.3) is 10.4 Å². The molecule has 17 heavy (non-hydrogen) atoms. The second-order valence-electron chi connectivity index (χ2n) is 3.65. The van der Waals surface area contributed by atoms with E-state index < -0.39 is 0 Å². The Morgan fingerprint density at radius 2 is 2.12 bits per heavy atom. The highest BCUT2D eigenvalue weighted by atomic mass is 32.1. The van der Waals surface area contributed by atoms with E-state index in [-0.39, 0.29) is 5.91 Å². The Balaban J connectivity index is 2.26. The summed E-state index contributed by atoms with van der Waals surface area (Å²) in [6.45, 7) is 2.71. The Morgan fingerprint density at radius 3 is 2.82 bits per heavy atom. The summed E-state index contributed by atoms with van der Waals surface area (Å²) in [6.07, 6.45) is 0.927. The third-order valence-corrected chi connectivity index (χ3v) is 3.23. The van der Waals surface area contributed by atoms with Crippen LogP contribution in [0.15, 0.2) is 35.8 Å². The van der Waals surface area contributed by atoms with Crippen molar-refractivity contribution in [1.82, 2.24) is 10.3 Å². The van der Waals surface area contributed by atoms with Crippen molar-refractivity contribution < 1.29 is 4.79 Å². The van der Waals surface area contributed by atoms with E-state index >= 15 is 0 Å². The van der Waals surface area contributed by atoms with E-state index in [1.54, 1.807) is 5.51 Å². The maximum absolute atomic E-state index is 11.9. The number of nitrogens with zero attached hydrogens (tertiary/aromatic N) is 1. The highest BCUT2D eigenvalue weighted by Crippen LogP contribution is 2.27. The van der Waals surface area contributed by atoms with Crippen LogP contribution in [0.3, 0.4) is 0 Å². The molecule has 2 rings (SSSR count). The summed E-state index contributed by atoms with van der Waals surface area (Å²) in [6, 6.07) is 9.86. The summed E-state index contributed by atoms with van der Waals surface area (Å²) < 4.78 is 0. The first-order valence-electron chi connectivity index (χ1n) is 5.60. The Kier molecular flexibility index (Phi) is 3.88. The van der Waals surface area contributed by atoms with Gasteiger partial charge in [0.25, 0.3) is 5.91 Å². The van der Waals surface area contributed by atoms with Gasteiger partial charge in [-0.3, -0.25) is 4.79 Å². The Labute approximate surface area is 105 Å². The molecule has 0 spiro atoms. The number of benzene rings is 1. The van der Waals surface area contributed by atoms with Gasteiger partial charge in [-0.2, -0.15) is 0 Å². The molecule has 1 N–H and O–H groups in total. The zero-order chi connectivity index (χ0) is 12.1. The third-order valence-electron chi connectivity index (χ3n) is 2.35. The van der Waals surface area contributed by atoms with Gasteiger partial charge >= 0.3 is 0 Å². The minimum Gasteiger partial charge on any atom is -0.351 e. The quantitative estimate of drug-likeness (QED) is 0.901. The fourth-order valence-corrected chi connectivity index (χ4v) is 2.32. The van der Waals surface area contributed by atoms with E-state index in [4.69, 9.17) is 0 Å². The van der Waals surface area contributed by atoms with Crippen LogP contribution in [0.1, 0.15) is 23.8 Å². The number of carbonyl (C=O) groups is 1. The predicted octanol–water partition coefficient (Wildman–Crippen LogP) is 2.95. The second-order valence-corrected chi connectivity index (χ2v) is 4.51. The normalized spacial score (nSPS) is 10.2. The van der Waals surface area contributed by atoms with E-state index in [0.29, 0.717) is 12.2 Å². The summed E-state index contributed by atoms with van der Waals surface area (Å²) in [5.74, 6) is -0.0908. The van der Waals surface area contributed by atoms with Gasteiger partial charge < -0.3 is 5.32 Å². The molecule has 1 heterocycles. The van der Waals surface area contributed by atoms with Gasteiger partial charge in [0.15, 0.2) is 0 Å². The SMILES string of the molecule is CCCNC(=O)c1ncsc1-c1ccccc1. The van der Waals surface area contributed by atoms with Crippen molar-refractivity contribution in [2.75, 3.05) is 6.54 Å². The number of hydrogen-bond acceptors (Lipinski definition) is 3. The zero-order valence-electron chi connectivity index (χ0n) is 9.64. The first-order valence-corrected chi connectivity index (χ1v) is 6.48. The van der Waals surface area contributed by atoms with Gasteiger partial charge in [0.1, 0.15) is 5.69 Å². The number of nitrogens with one attached hydrogen (secondary N) is 1. The largest absolute Gasteiger partial charge is 0.351 e. The maximum Gasteiger partial charge on any atom is 0.271 e. The standard InChI is InChI=1S/C13H14N2OS/c1-2-8-14-13(16)11-12(17-9-15-11)10-6-4-3-5-7-10/h3-7,9H,2,8H2,1H3,(H,14,16). The van der Waals surface area contributed by atoms with E-state index in [2.05, 4.69) is 10.3 Å². The molecule has 4 heteroatoms. The molecule has 0 saturated carbocycles. The van der Waals surface area contributed by atoms with Crippen molar-refractivity contribution in [2.24, 2.45) is 0 Å². The first-order chi connectivity index (χ1) is 8.33. The van der Waals surface area contributed by atoms with Gasteiger partial charge in [-0.25, -0.2) is 4.98 Å². The van der Waals surface area contributed by atoms with Crippen LogP contribution in [0.2, 0.25) is 0 Å². The highest BCUT2D eigenvalue weighted by molar-refractivity contribution is 7.13. The molecule has 1 amide bonds. The van der Waals surface area contributed by atoms with E-state index in [1.807, 2.05) is 37.3 Å². The van der Waals surface area contributed by atoms with Crippen LogP contribution >= 0.6 is 11.3 Å². The van der Waals surface area contributed by atoms with Crippen LogP contribution in [0.5, 0.6) is 0 Å². The average Bonchev–Trinajstić information content (AvgIpc) is 2.86. The molecule has 0 aliphatic heterocycles. The third kappa shape index (κ3) is 2.71. The number of hydrogen-bond donors (Lipinski definition) is 1. The number of thiazole rings is 1. The Morgan fingerprint density at radius 1 is 1.35 bits per heavy atom. The van der Waals surface area contributed by atoms with E-state index in [9.17, 15) is 4.79 Å². The lowest BCUT2D eigenvalue weighted by molar-refractivity contribution is 0.0950. The number of carbonyl (C=O) groups excluding carboxylic acids is 1. The first kappa shape index (κ1) is 11.8. The van der Waals surface area contributed by atoms with Gasteiger partial charge in [-0.05, 0) is 12.0 Å². The molecule has 0 fully saturated rings. The lowest BCUT2D eigenvalue weighted by Gasteiger charge is -2.03. The molecule has 1 aromatic heterocycles. The molecule has 3 nitrogen and oxygen atoms in total. The lowest BCUT2D eigenvalue weighted by atomic mass is 10.1. The van der Waals surface area contributed by atoms with Crippen LogP contribution in [0.4, 0.5) is 0 Å². The summed E-state index contributed by atoms with van der Waals surface area (Å²) >= 11 is 1.49. The predicted molar refractivity (Wildman–Crippen MR) is 70.2 cm³/mol. The zero-order valence-corrected chi connectivity index (χ0v) is 10.5. The molecule has 0 saturated heterocycles. The molecular weight excluding hydrogens is 232 g/mol. The van der Waals surface area contributed by atoms with Crippen molar-refractivity contribution in [3.63, 3.8) is 0 Å². The van der Waals surface area contributed by atoms with Gasteiger partial charge in [-0.15, -0.1) is 11.3 Å². The molecule has 0 atom stereocenters. The molecule has 0 aliphatic rings. The fourth-order valence-electron chi connectivity index (χ4n) is 1.52. The summed E-state index contributed by atoms with van der Waals surface area (Å²) in [4.78, 5) is 17.0. The molecule has 2 aromatic rings. The minimum absolute atomic E-state index is 0.0908. The smallest absolute Gasteiger partial charge is 0.271 e. The number of rotatable bonds is 4. The number of amides is 1. The Bertz CT molecular complexity index is 493. The van der Waals surface area contributed by atoms with Gasteiger partial charge in [0, 0.05) is 6.54 Å². The summed E-state index contributed by atoms with van der Waals surface area (Å²) in [7, 11) is 0. The highest BCUT2D eigenvalue weighted by Gasteiger charge is 2.15. The van der Waals surface area contributed by atoms with Gasteiger partial charge in [0.2, 0.25) is 0 Å². The van der Waals surface area contributed by atoms with Crippen molar-refractivity contribution in [1.29, 1.82) is 0 Å². The molecular formula is C13H14N2OS. The summed E-state index contributed by atoms with van der Waals surface area (Å²) in [5.41, 5.74) is 3.27. The van der Waals surface area contributed by atoms with Crippen molar-refractivity contribution >= 4 is 17.2 Å². The molecule has 0 bridgehead atoms. The minimum atomic E-state index is -0.0908. The van der Waals surface area contributed by atoms with Crippen LogP contribution in [-0.4, -0.2) is 17.4 Å². The second kappa shape index (κ2) is 5.59. The average molecular weight is 246 g/mol. The van der Waals surface area contributed by atoms with Crippen molar-refractivity contribution in [2.45, 2.75) is 13.3 Å². The Hall–Kier alpha value is -1.68. The van der Waals surface area contributed by atoms with Gasteiger partial charge in [0.05, 0.1) is 10.4 Å². The van der Waals surface area contributed by atoms with Crippen molar-refractivity contribution in [3.8, 4) is 10.4 Å². The topological polar surface area (TPSA) is 42.0 Å². The lowest BCUT2D eigenvalue weighted by Crippen LogP contribution is -2.24. The maximum atomic E-state index is 11.9. The molecule has 88 valence electrons. The van der Waals surface area contributed by atoms with Crippen molar-refractivity contribution in [3.05, 3.63) is 41.5 Å². The van der Waals surface area contributed by atoms with Crippen LogP contribution < -0.4 is 5.32 Å². The van der Waals surface area contributed by atoms with Crippen LogP contribution in [-0.2, 0) is 0 Å². The summed E-state index contributed by atoms with van der Waals surface area (Å²) in [5, 5.41) is 2.85. The number of aromatic nitrogens is 1. The molecule has 0 aliphatic carbocycles. The monoisotopic (exact) mass is 246 g/mol. The molecule has 1 aromatic carbocycles. The van der Waals surface area contributed by atoms with Crippen LogP contribution in [0, 0.1) is 0 Å². The molecule has 0 radical (unpaired) electrons.